The minimum Gasteiger partial charge on any atom is -0.317 e. The summed E-state index contributed by atoms with van der Waals surface area (Å²) in [6.45, 7) is 7.50. The lowest BCUT2D eigenvalue weighted by Crippen LogP contribution is -2.44. The Hall–Kier alpha value is -0.0800. The van der Waals surface area contributed by atoms with Crippen LogP contribution in [0.4, 0.5) is 0 Å². The van der Waals surface area contributed by atoms with E-state index >= 15 is 0 Å². The van der Waals surface area contributed by atoms with Crippen LogP contribution < -0.4 is 5.32 Å². The maximum absolute atomic E-state index is 3.50. The minimum absolute atomic E-state index is 0.610. The molecule has 1 saturated heterocycles. The molecule has 0 spiro atoms. The molecule has 0 amide bonds. The van der Waals surface area contributed by atoms with Gasteiger partial charge < -0.3 is 10.2 Å². The molecule has 2 fully saturated rings. The molecule has 0 aromatic carbocycles. The Balaban J connectivity index is 1.80. The van der Waals surface area contributed by atoms with Crippen molar-refractivity contribution in [3.63, 3.8) is 0 Å². The third kappa shape index (κ3) is 3.69. The summed E-state index contributed by atoms with van der Waals surface area (Å²) in [5, 5.41) is 3.50. The van der Waals surface area contributed by atoms with E-state index in [1.165, 1.54) is 71.1 Å². The van der Waals surface area contributed by atoms with Gasteiger partial charge in [0.2, 0.25) is 0 Å². The number of rotatable bonds is 5. The Kier molecular flexibility index (Phi) is 4.87. The summed E-state index contributed by atoms with van der Waals surface area (Å²) < 4.78 is 0. The largest absolute Gasteiger partial charge is 0.317 e. The molecule has 2 aliphatic rings. The highest BCUT2D eigenvalue weighted by Gasteiger charge is 2.31. The molecular formula is C15H30N2. The maximum Gasteiger partial charge on any atom is 0.00359 e. The first kappa shape index (κ1) is 13.4. The first-order chi connectivity index (χ1) is 8.24. The van der Waals surface area contributed by atoms with E-state index in [4.69, 9.17) is 0 Å². The van der Waals surface area contributed by atoms with E-state index in [0.717, 1.165) is 5.92 Å². The second-order valence-electron chi connectivity index (χ2n) is 6.45. The highest BCUT2D eigenvalue weighted by atomic mass is 15.1. The average molecular weight is 238 g/mol. The molecule has 0 aromatic rings. The van der Waals surface area contributed by atoms with Crippen molar-refractivity contribution in [1.82, 2.24) is 10.2 Å². The van der Waals surface area contributed by atoms with Crippen molar-refractivity contribution in [2.75, 3.05) is 33.2 Å². The predicted octanol–water partition coefficient (Wildman–Crippen LogP) is 2.89. The molecule has 100 valence electrons. The standard InChI is InChI=1S/C15H30N2/c1-3-15(8-10-16-11-9-15)13-17(2)12-14-6-4-5-7-14/h14,16H,3-13H2,1-2H3. The minimum atomic E-state index is 0.610. The van der Waals surface area contributed by atoms with Crippen LogP contribution in [0.5, 0.6) is 0 Å². The lowest BCUT2D eigenvalue weighted by molar-refractivity contribution is 0.113. The first-order valence-electron chi connectivity index (χ1n) is 7.63. The van der Waals surface area contributed by atoms with Gasteiger partial charge in [-0.2, -0.15) is 0 Å². The van der Waals surface area contributed by atoms with Gasteiger partial charge in [0.15, 0.2) is 0 Å². The fraction of sp³-hybridized carbons (Fsp3) is 1.00. The van der Waals surface area contributed by atoms with Crippen LogP contribution in [0.25, 0.3) is 0 Å². The summed E-state index contributed by atoms with van der Waals surface area (Å²) in [6, 6.07) is 0. The van der Waals surface area contributed by atoms with E-state index in [-0.39, 0.29) is 0 Å². The van der Waals surface area contributed by atoms with Crippen LogP contribution in [0.3, 0.4) is 0 Å². The van der Waals surface area contributed by atoms with Gasteiger partial charge in [0, 0.05) is 13.1 Å². The molecule has 2 heteroatoms. The quantitative estimate of drug-likeness (QED) is 0.792. The molecule has 0 radical (unpaired) electrons. The molecule has 2 rings (SSSR count). The van der Waals surface area contributed by atoms with Crippen molar-refractivity contribution in [2.24, 2.45) is 11.3 Å². The summed E-state index contributed by atoms with van der Waals surface area (Å²) in [7, 11) is 2.35. The summed E-state index contributed by atoms with van der Waals surface area (Å²) in [4.78, 5) is 2.63. The number of piperidine rings is 1. The Morgan fingerprint density at radius 1 is 1.18 bits per heavy atom. The van der Waals surface area contributed by atoms with Gasteiger partial charge in [-0.1, -0.05) is 19.8 Å². The molecule has 1 N–H and O–H groups in total. The van der Waals surface area contributed by atoms with E-state index in [0.29, 0.717) is 5.41 Å². The van der Waals surface area contributed by atoms with Crippen LogP contribution in [0.15, 0.2) is 0 Å². The summed E-state index contributed by atoms with van der Waals surface area (Å²) >= 11 is 0. The molecule has 17 heavy (non-hydrogen) atoms. The van der Waals surface area contributed by atoms with Gasteiger partial charge in [-0.25, -0.2) is 0 Å². The van der Waals surface area contributed by atoms with Crippen LogP contribution >= 0.6 is 0 Å². The molecule has 0 atom stereocenters. The molecule has 0 aromatic heterocycles. The van der Waals surface area contributed by atoms with Crippen molar-refractivity contribution >= 4 is 0 Å². The highest BCUT2D eigenvalue weighted by Crippen LogP contribution is 2.34. The zero-order valence-electron chi connectivity index (χ0n) is 11.8. The number of hydrogen-bond acceptors (Lipinski definition) is 2. The summed E-state index contributed by atoms with van der Waals surface area (Å²) in [5.74, 6) is 0.996. The van der Waals surface area contributed by atoms with E-state index in [1.807, 2.05) is 0 Å². The van der Waals surface area contributed by atoms with E-state index in [1.54, 1.807) is 0 Å². The molecule has 2 nitrogen and oxygen atoms in total. The fourth-order valence-electron chi connectivity index (χ4n) is 3.85. The van der Waals surface area contributed by atoms with E-state index < -0.39 is 0 Å². The van der Waals surface area contributed by atoms with Gasteiger partial charge in [-0.05, 0) is 63.6 Å². The monoisotopic (exact) mass is 238 g/mol. The van der Waals surface area contributed by atoms with Crippen molar-refractivity contribution < 1.29 is 0 Å². The maximum atomic E-state index is 3.50. The molecule has 0 unspecified atom stereocenters. The lowest BCUT2D eigenvalue weighted by Gasteiger charge is -2.40. The van der Waals surface area contributed by atoms with Gasteiger partial charge >= 0.3 is 0 Å². The van der Waals surface area contributed by atoms with E-state index in [2.05, 4.69) is 24.2 Å². The number of nitrogens with one attached hydrogen (secondary N) is 1. The molecule has 1 aliphatic carbocycles. The van der Waals surface area contributed by atoms with Crippen molar-refractivity contribution in [1.29, 1.82) is 0 Å². The zero-order valence-corrected chi connectivity index (χ0v) is 11.8. The topological polar surface area (TPSA) is 15.3 Å². The van der Waals surface area contributed by atoms with Gasteiger partial charge in [-0.3, -0.25) is 0 Å². The molecule has 1 aliphatic heterocycles. The molecular weight excluding hydrogens is 208 g/mol. The predicted molar refractivity (Wildman–Crippen MR) is 74.3 cm³/mol. The van der Waals surface area contributed by atoms with Crippen LogP contribution in [-0.4, -0.2) is 38.1 Å². The second-order valence-corrected chi connectivity index (χ2v) is 6.45. The van der Waals surface area contributed by atoms with Crippen LogP contribution in [0.2, 0.25) is 0 Å². The second kappa shape index (κ2) is 6.19. The third-order valence-electron chi connectivity index (χ3n) is 5.06. The first-order valence-corrected chi connectivity index (χ1v) is 7.63. The molecule has 1 heterocycles. The van der Waals surface area contributed by atoms with Crippen LogP contribution in [0.1, 0.15) is 51.9 Å². The fourth-order valence-corrected chi connectivity index (χ4v) is 3.85. The summed E-state index contributed by atoms with van der Waals surface area (Å²) in [5.41, 5.74) is 0.610. The Labute approximate surface area is 107 Å². The number of hydrogen-bond donors (Lipinski definition) is 1. The SMILES string of the molecule is CCC1(CN(C)CC2CCCC2)CCNCC1. The van der Waals surface area contributed by atoms with Crippen molar-refractivity contribution in [3.8, 4) is 0 Å². The summed E-state index contributed by atoms with van der Waals surface area (Å²) in [6.07, 6.45) is 10.00. The van der Waals surface area contributed by atoms with Crippen LogP contribution in [0, 0.1) is 11.3 Å². The van der Waals surface area contributed by atoms with Crippen molar-refractivity contribution in [3.05, 3.63) is 0 Å². The highest BCUT2D eigenvalue weighted by molar-refractivity contribution is 4.86. The Morgan fingerprint density at radius 3 is 2.41 bits per heavy atom. The molecule has 0 bridgehead atoms. The Bertz CT molecular complexity index is 215. The molecule has 1 saturated carbocycles. The van der Waals surface area contributed by atoms with Crippen molar-refractivity contribution in [2.45, 2.75) is 51.9 Å². The normalized spacial score (nSPS) is 25.6. The zero-order chi connectivity index (χ0) is 12.1. The van der Waals surface area contributed by atoms with Gasteiger partial charge in [0.05, 0.1) is 0 Å². The van der Waals surface area contributed by atoms with Crippen LogP contribution in [-0.2, 0) is 0 Å². The van der Waals surface area contributed by atoms with E-state index in [9.17, 15) is 0 Å². The smallest absolute Gasteiger partial charge is 0.00359 e. The van der Waals surface area contributed by atoms with Gasteiger partial charge in [0.1, 0.15) is 0 Å². The Morgan fingerprint density at radius 2 is 1.82 bits per heavy atom. The number of nitrogens with zero attached hydrogens (tertiary/aromatic N) is 1. The third-order valence-corrected chi connectivity index (χ3v) is 5.06. The average Bonchev–Trinajstić information content (AvgIpc) is 2.83. The van der Waals surface area contributed by atoms with Gasteiger partial charge in [0.25, 0.3) is 0 Å². The van der Waals surface area contributed by atoms with Gasteiger partial charge in [-0.15, -0.1) is 0 Å². The lowest BCUT2D eigenvalue weighted by atomic mass is 9.76.